The molecule has 1 fully saturated rings. The zero-order valence-electron chi connectivity index (χ0n) is 9.63. The highest BCUT2D eigenvalue weighted by Crippen LogP contribution is 2.27. The third-order valence-electron chi connectivity index (χ3n) is 3.24. The van der Waals surface area contributed by atoms with Crippen molar-refractivity contribution in [2.24, 2.45) is 5.92 Å². The molecule has 1 aliphatic carbocycles. The molecule has 84 valence electrons. The van der Waals surface area contributed by atoms with Gasteiger partial charge in [-0.3, -0.25) is 0 Å². The molecule has 0 bridgehead atoms. The smallest absolute Gasteiger partial charge is 0.0460 e. The Labute approximate surface area is 88.1 Å². The fraction of sp³-hybridized carbons (Fsp3) is 1.00. The lowest BCUT2D eigenvalue weighted by Crippen LogP contribution is -2.47. The van der Waals surface area contributed by atoms with Gasteiger partial charge in [0.1, 0.15) is 0 Å². The number of aliphatic hydroxyl groups is 1. The van der Waals surface area contributed by atoms with Crippen LogP contribution in [-0.4, -0.2) is 23.8 Å². The zero-order chi connectivity index (χ0) is 10.4. The van der Waals surface area contributed by atoms with E-state index in [1.165, 1.54) is 38.5 Å². The molecule has 0 heterocycles. The van der Waals surface area contributed by atoms with Crippen molar-refractivity contribution >= 4 is 0 Å². The molecule has 2 nitrogen and oxygen atoms in total. The van der Waals surface area contributed by atoms with Crippen LogP contribution < -0.4 is 5.32 Å². The van der Waals surface area contributed by atoms with E-state index in [-0.39, 0.29) is 0 Å². The highest BCUT2D eigenvalue weighted by atomic mass is 16.3. The maximum absolute atomic E-state index is 8.92. The van der Waals surface area contributed by atoms with Gasteiger partial charge in [-0.15, -0.1) is 0 Å². The lowest BCUT2D eigenvalue weighted by molar-refractivity contribution is 0.118. The molecule has 0 aliphatic heterocycles. The van der Waals surface area contributed by atoms with Crippen LogP contribution in [0.5, 0.6) is 0 Å². The molecule has 0 amide bonds. The van der Waals surface area contributed by atoms with Crippen molar-refractivity contribution in [1.82, 2.24) is 5.32 Å². The summed E-state index contributed by atoms with van der Waals surface area (Å²) in [5.74, 6) is 0.580. The van der Waals surface area contributed by atoms with E-state index in [1.807, 2.05) is 0 Å². The summed E-state index contributed by atoms with van der Waals surface area (Å²) in [6.07, 6.45) is 7.50. The van der Waals surface area contributed by atoms with E-state index in [1.54, 1.807) is 0 Å². The summed E-state index contributed by atoms with van der Waals surface area (Å²) in [6.45, 7) is 4.88. The molecule has 0 unspecified atom stereocenters. The van der Waals surface area contributed by atoms with Gasteiger partial charge in [0.15, 0.2) is 0 Å². The topological polar surface area (TPSA) is 32.3 Å². The molecule has 0 aromatic carbocycles. The van der Waals surface area contributed by atoms with Crippen LogP contribution in [0, 0.1) is 5.92 Å². The predicted octanol–water partition coefficient (Wildman–Crippen LogP) is 2.32. The van der Waals surface area contributed by atoms with Crippen LogP contribution in [0.25, 0.3) is 0 Å². The summed E-state index contributed by atoms with van der Waals surface area (Å²) in [5, 5.41) is 12.6. The minimum absolute atomic E-state index is 0.379. The van der Waals surface area contributed by atoms with Crippen molar-refractivity contribution in [1.29, 1.82) is 0 Å². The second kappa shape index (κ2) is 6.41. The molecule has 0 saturated heterocycles. The highest BCUT2D eigenvalue weighted by Gasteiger charge is 2.29. The van der Waals surface area contributed by atoms with Gasteiger partial charge >= 0.3 is 0 Å². The number of aliphatic hydroxyl groups excluding tert-OH is 1. The molecule has 2 heteroatoms. The molecule has 1 rings (SSSR count). The van der Waals surface area contributed by atoms with Gasteiger partial charge in [-0.25, -0.2) is 0 Å². The quantitative estimate of drug-likeness (QED) is 0.659. The fourth-order valence-electron chi connectivity index (χ4n) is 2.36. The van der Waals surface area contributed by atoms with Crippen LogP contribution in [0.15, 0.2) is 0 Å². The first-order valence-electron chi connectivity index (χ1n) is 6.17. The molecule has 0 aromatic heterocycles. The second-order valence-electron chi connectivity index (χ2n) is 4.66. The molecule has 2 N–H and O–H groups in total. The molecule has 0 radical (unpaired) electrons. The minimum atomic E-state index is 0.379. The van der Waals surface area contributed by atoms with Crippen molar-refractivity contribution in [3.8, 4) is 0 Å². The van der Waals surface area contributed by atoms with E-state index in [0.717, 1.165) is 6.04 Å². The maximum atomic E-state index is 8.92. The van der Waals surface area contributed by atoms with E-state index < -0.39 is 0 Å². The van der Waals surface area contributed by atoms with Crippen LogP contribution in [0.2, 0.25) is 0 Å². The van der Waals surface area contributed by atoms with E-state index in [4.69, 9.17) is 5.11 Å². The number of hydrogen-bond donors (Lipinski definition) is 2. The number of rotatable bonds is 7. The SMILES string of the molecule is CCCC(CCC)N[C@H]1C[C@@H](CO)C1. The molecule has 1 aliphatic rings. The van der Waals surface area contributed by atoms with E-state index in [0.29, 0.717) is 18.6 Å². The summed E-state index contributed by atoms with van der Waals surface area (Å²) in [5.41, 5.74) is 0. The van der Waals surface area contributed by atoms with Crippen molar-refractivity contribution in [3.63, 3.8) is 0 Å². The van der Waals surface area contributed by atoms with Gasteiger partial charge in [-0.2, -0.15) is 0 Å². The average Bonchev–Trinajstić information content (AvgIpc) is 2.11. The van der Waals surface area contributed by atoms with Crippen molar-refractivity contribution in [3.05, 3.63) is 0 Å². The zero-order valence-corrected chi connectivity index (χ0v) is 9.63. The molecule has 0 atom stereocenters. The standard InChI is InChI=1S/C12H25NO/c1-3-5-11(6-4-2)13-12-7-10(8-12)9-14/h10-14H,3-9H2,1-2H3/t10-,12+. The van der Waals surface area contributed by atoms with Gasteiger partial charge in [0.25, 0.3) is 0 Å². The first-order valence-corrected chi connectivity index (χ1v) is 6.17. The lowest BCUT2D eigenvalue weighted by atomic mass is 9.80. The Kier molecular flexibility index (Phi) is 5.49. The molecule has 0 aromatic rings. The minimum Gasteiger partial charge on any atom is -0.396 e. The van der Waals surface area contributed by atoms with Crippen molar-refractivity contribution in [2.75, 3.05) is 6.61 Å². The van der Waals surface area contributed by atoms with Gasteiger partial charge in [0.2, 0.25) is 0 Å². The van der Waals surface area contributed by atoms with Crippen molar-refractivity contribution in [2.45, 2.75) is 64.5 Å². The molecular formula is C12H25NO. The summed E-state index contributed by atoms with van der Waals surface area (Å²) >= 11 is 0. The monoisotopic (exact) mass is 199 g/mol. The summed E-state index contributed by atoms with van der Waals surface area (Å²) in [6, 6.07) is 1.41. The summed E-state index contributed by atoms with van der Waals surface area (Å²) < 4.78 is 0. The Morgan fingerprint density at radius 1 is 1.21 bits per heavy atom. The average molecular weight is 199 g/mol. The molecular weight excluding hydrogens is 174 g/mol. The molecule has 14 heavy (non-hydrogen) atoms. The Morgan fingerprint density at radius 3 is 2.21 bits per heavy atom. The summed E-state index contributed by atoms with van der Waals surface area (Å²) in [7, 11) is 0. The van der Waals surface area contributed by atoms with E-state index in [9.17, 15) is 0 Å². The van der Waals surface area contributed by atoms with Gasteiger partial charge in [0, 0.05) is 18.7 Å². The maximum Gasteiger partial charge on any atom is 0.0460 e. The lowest BCUT2D eigenvalue weighted by Gasteiger charge is -2.37. The first kappa shape index (κ1) is 12.0. The summed E-state index contributed by atoms with van der Waals surface area (Å²) in [4.78, 5) is 0. The van der Waals surface area contributed by atoms with E-state index in [2.05, 4.69) is 19.2 Å². The largest absolute Gasteiger partial charge is 0.396 e. The highest BCUT2D eigenvalue weighted by molar-refractivity contribution is 4.86. The van der Waals surface area contributed by atoms with Crippen LogP contribution in [0.1, 0.15) is 52.4 Å². The molecule has 0 spiro atoms. The van der Waals surface area contributed by atoms with Crippen LogP contribution in [-0.2, 0) is 0 Å². The Morgan fingerprint density at radius 2 is 1.79 bits per heavy atom. The second-order valence-corrected chi connectivity index (χ2v) is 4.66. The van der Waals surface area contributed by atoms with E-state index >= 15 is 0 Å². The van der Waals surface area contributed by atoms with Gasteiger partial charge < -0.3 is 10.4 Å². The fourth-order valence-corrected chi connectivity index (χ4v) is 2.36. The third kappa shape index (κ3) is 3.58. The Bertz CT molecular complexity index is 137. The van der Waals surface area contributed by atoms with Crippen LogP contribution in [0.4, 0.5) is 0 Å². The molecule has 1 saturated carbocycles. The van der Waals surface area contributed by atoms with Crippen molar-refractivity contribution < 1.29 is 5.11 Å². The van der Waals surface area contributed by atoms with Crippen LogP contribution in [0.3, 0.4) is 0 Å². The number of hydrogen-bond acceptors (Lipinski definition) is 2. The predicted molar refractivity (Wildman–Crippen MR) is 60.3 cm³/mol. The van der Waals surface area contributed by atoms with Crippen LogP contribution >= 0.6 is 0 Å². The Hall–Kier alpha value is -0.0800. The Balaban J connectivity index is 2.13. The first-order chi connectivity index (χ1) is 6.80. The number of nitrogens with one attached hydrogen (secondary N) is 1. The van der Waals surface area contributed by atoms with Gasteiger partial charge in [-0.1, -0.05) is 26.7 Å². The normalized spacial score (nSPS) is 26.6. The van der Waals surface area contributed by atoms with Gasteiger partial charge in [0.05, 0.1) is 0 Å². The third-order valence-corrected chi connectivity index (χ3v) is 3.24. The van der Waals surface area contributed by atoms with Gasteiger partial charge in [-0.05, 0) is 31.6 Å².